The molecule has 3 aromatic rings. The molecular formula is C25H31FN2O5S2. The lowest BCUT2D eigenvalue weighted by Crippen LogP contribution is -2.40. The summed E-state index contributed by atoms with van der Waals surface area (Å²) in [6.07, 6.45) is 1.04. The first kappa shape index (κ1) is 27.2. The summed E-state index contributed by atoms with van der Waals surface area (Å²) in [6, 6.07) is 9.41. The van der Waals surface area contributed by atoms with Crippen LogP contribution in [0.4, 0.5) is 4.39 Å². The molecule has 0 spiro atoms. The van der Waals surface area contributed by atoms with Gasteiger partial charge >= 0.3 is 5.97 Å². The van der Waals surface area contributed by atoms with Crippen molar-refractivity contribution in [2.24, 2.45) is 0 Å². The summed E-state index contributed by atoms with van der Waals surface area (Å²) in [6.45, 7) is 9.34. The van der Waals surface area contributed by atoms with Crippen LogP contribution >= 0.6 is 0 Å². The fourth-order valence-electron chi connectivity index (χ4n) is 3.76. The Balaban J connectivity index is 2.17. The largest absolute Gasteiger partial charge is 0.598 e. The van der Waals surface area contributed by atoms with Crippen molar-refractivity contribution in [2.75, 3.05) is 12.9 Å². The minimum atomic E-state index is -3.42. The van der Waals surface area contributed by atoms with E-state index in [2.05, 4.69) is 9.71 Å². The molecule has 10 heteroatoms. The molecule has 1 aromatic heterocycles. The van der Waals surface area contributed by atoms with E-state index in [9.17, 15) is 22.2 Å². The summed E-state index contributed by atoms with van der Waals surface area (Å²) in [4.78, 5) is 16.0. The maximum absolute atomic E-state index is 14.9. The molecule has 35 heavy (non-hydrogen) atoms. The molecule has 0 amide bonds. The lowest BCUT2D eigenvalue weighted by molar-refractivity contribution is 0.0521. The van der Waals surface area contributed by atoms with Crippen molar-refractivity contribution in [1.29, 1.82) is 0 Å². The van der Waals surface area contributed by atoms with Gasteiger partial charge < -0.3 is 14.3 Å². The molecule has 0 fully saturated rings. The second-order valence-electron chi connectivity index (χ2n) is 9.46. The van der Waals surface area contributed by atoms with Gasteiger partial charge in [-0.1, -0.05) is 30.3 Å². The monoisotopic (exact) mass is 522 g/mol. The van der Waals surface area contributed by atoms with Crippen LogP contribution in [0.1, 0.15) is 62.3 Å². The molecule has 0 radical (unpaired) electrons. The summed E-state index contributed by atoms with van der Waals surface area (Å²) < 4.78 is 58.7. The Labute approximate surface area is 208 Å². The van der Waals surface area contributed by atoms with Gasteiger partial charge in [0, 0.05) is 34.1 Å². The van der Waals surface area contributed by atoms with E-state index in [0.717, 1.165) is 11.8 Å². The molecule has 1 heterocycles. The van der Waals surface area contributed by atoms with Crippen LogP contribution in [-0.2, 0) is 31.7 Å². The van der Waals surface area contributed by atoms with E-state index in [4.69, 9.17) is 4.74 Å². The SMILES string of the molecule is CCOC(=O)c1[nH]c2c([C@H](C)N[S@+]([O-])C(C)(C)C)cccc2c1-c1ccc(CS(C)(=O)=O)c(F)c1. The molecule has 0 aliphatic rings. The fraction of sp³-hybridized carbons (Fsp3) is 0.400. The first-order valence-electron chi connectivity index (χ1n) is 11.2. The van der Waals surface area contributed by atoms with E-state index >= 15 is 0 Å². The maximum Gasteiger partial charge on any atom is 0.355 e. The van der Waals surface area contributed by atoms with E-state index < -0.39 is 43.5 Å². The maximum atomic E-state index is 14.9. The van der Waals surface area contributed by atoms with Crippen LogP contribution in [0.15, 0.2) is 36.4 Å². The zero-order valence-electron chi connectivity index (χ0n) is 20.7. The summed E-state index contributed by atoms with van der Waals surface area (Å²) in [5.41, 5.74) is 2.49. The lowest BCUT2D eigenvalue weighted by atomic mass is 9.98. The van der Waals surface area contributed by atoms with E-state index in [0.29, 0.717) is 22.0 Å². The molecular weight excluding hydrogens is 491 g/mol. The molecule has 0 saturated carbocycles. The lowest BCUT2D eigenvalue weighted by Gasteiger charge is -2.26. The molecule has 190 valence electrons. The highest BCUT2D eigenvalue weighted by Gasteiger charge is 2.30. The number of ether oxygens (including phenoxy) is 1. The number of fused-ring (bicyclic) bond motifs is 1. The first-order chi connectivity index (χ1) is 16.2. The van der Waals surface area contributed by atoms with Crippen LogP contribution in [0.25, 0.3) is 22.0 Å². The van der Waals surface area contributed by atoms with Gasteiger partial charge in [0.2, 0.25) is 0 Å². The van der Waals surface area contributed by atoms with Gasteiger partial charge in [0.25, 0.3) is 0 Å². The molecule has 0 aliphatic heterocycles. The molecule has 2 N–H and O–H groups in total. The average molecular weight is 523 g/mol. The standard InChI is InChI=1S/C25H31FN2O5S2/c1-7-33-24(29)23-21(16-11-12-17(20(26)13-16)14-35(6,31)32)19-10-8-9-18(22(19)27-23)15(2)28-34(30)25(3,4)5/h8-13,15,27-28H,7,14H2,1-6H3/t15-,34+/m0/s1. The summed E-state index contributed by atoms with van der Waals surface area (Å²) in [5, 5.41) is 0.663. The Morgan fingerprint density at radius 1 is 1.26 bits per heavy atom. The van der Waals surface area contributed by atoms with Gasteiger partial charge in [-0.15, -0.1) is 4.72 Å². The predicted molar refractivity (Wildman–Crippen MR) is 138 cm³/mol. The molecule has 3 rings (SSSR count). The first-order valence-corrected chi connectivity index (χ1v) is 14.4. The minimum absolute atomic E-state index is 0.0527. The fourth-order valence-corrected chi connectivity index (χ4v) is 5.36. The quantitative estimate of drug-likeness (QED) is 0.324. The van der Waals surface area contributed by atoms with E-state index in [-0.39, 0.29) is 23.9 Å². The average Bonchev–Trinajstić information content (AvgIpc) is 3.13. The number of halogens is 1. The summed E-state index contributed by atoms with van der Waals surface area (Å²) in [7, 11) is -3.42. The highest BCUT2D eigenvalue weighted by Crippen LogP contribution is 2.37. The van der Waals surface area contributed by atoms with Crippen molar-refractivity contribution in [3.63, 3.8) is 0 Å². The van der Waals surface area contributed by atoms with Gasteiger partial charge in [-0.05, 0) is 51.8 Å². The normalized spacial score (nSPS) is 14.2. The Kier molecular flexibility index (Phi) is 8.00. The van der Waals surface area contributed by atoms with E-state index in [1.54, 1.807) is 13.0 Å². The molecule has 0 aliphatic carbocycles. The Morgan fingerprint density at radius 3 is 2.51 bits per heavy atom. The van der Waals surface area contributed by atoms with Crippen LogP contribution in [-0.4, -0.2) is 41.5 Å². The molecule has 0 saturated heterocycles. The van der Waals surface area contributed by atoms with Crippen molar-refractivity contribution in [2.45, 2.75) is 51.2 Å². The van der Waals surface area contributed by atoms with Gasteiger partial charge in [0.05, 0.1) is 23.9 Å². The highest BCUT2D eigenvalue weighted by atomic mass is 32.2. The highest BCUT2D eigenvalue weighted by molar-refractivity contribution is 7.90. The number of aromatic amines is 1. The van der Waals surface area contributed by atoms with Crippen LogP contribution in [0, 0.1) is 5.82 Å². The topological polar surface area (TPSA) is 111 Å². The second kappa shape index (κ2) is 10.3. The van der Waals surface area contributed by atoms with E-state index in [1.807, 2.05) is 45.9 Å². The number of H-pyrrole nitrogens is 1. The number of hydrogen-bond acceptors (Lipinski definition) is 6. The zero-order chi connectivity index (χ0) is 26.1. The number of esters is 1. The molecule has 2 atom stereocenters. The number of rotatable bonds is 8. The van der Waals surface area contributed by atoms with Crippen molar-refractivity contribution in [1.82, 2.24) is 9.71 Å². The van der Waals surface area contributed by atoms with Crippen LogP contribution in [0.3, 0.4) is 0 Å². The van der Waals surface area contributed by atoms with E-state index in [1.165, 1.54) is 12.1 Å². The number of hydrogen-bond donors (Lipinski definition) is 2. The predicted octanol–water partition coefficient (Wildman–Crippen LogP) is 4.81. The number of benzene rings is 2. The number of carbonyl (C=O) groups is 1. The van der Waals surface area contributed by atoms with Crippen molar-refractivity contribution in [3.8, 4) is 11.1 Å². The Hall–Kier alpha value is -2.40. The third-order valence-corrected chi connectivity index (χ3v) is 7.93. The van der Waals surface area contributed by atoms with Gasteiger partial charge in [0.1, 0.15) is 16.3 Å². The molecule has 2 aromatic carbocycles. The van der Waals surface area contributed by atoms with Gasteiger partial charge in [-0.25, -0.2) is 17.6 Å². The minimum Gasteiger partial charge on any atom is -0.598 e. The number of carbonyl (C=O) groups excluding carboxylic acids is 1. The third kappa shape index (κ3) is 6.24. The molecule has 0 bridgehead atoms. The second-order valence-corrected chi connectivity index (χ2v) is 13.6. The summed E-state index contributed by atoms with van der Waals surface area (Å²) >= 11 is -1.33. The van der Waals surface area contributed by atoms with Crippen molar-refractivity contribution >= 4 is 38.1 Å². The zero-order valence-corrected chi connectivity index (χ0v) is 22.3. The number of nitrogens with one attached hydrogen (secondary N) is 2. The van der Waals surface area contributed by atoms with Crippen LogP contribution in [0.2, 0.25) is 0 Å². The molecule has 0 unspecified atom stereocenters. The summed E-state index contributed by atoms with van der Waals surface area (Å²) in [5.74, 6) is -1.69. The number of aromatic nitrogens is 1. The van der Waals surface area contributed by atoms with Gasteiger partial charge in [0.15, 0.2) is 9.84 Å². The Morgan fingerprint density at radius 2 is 1.94 bits per heavy atom. The van der Waals surface area contributed by atoms with Crippen molar-refractivity contribution < 1.29 is 26.9 Å². The van der Waals surface area contributed by atoms with Gasteiger partial charge in [-0.2, -0.15) is 0 Å². The van der Waals surface area contributed by atoms with Gasteiger partial charge in [-0.3, -0.25) is 0 Å². The number of sulfone groups is 1. The van der Waals surface area contributed by atoms with Crippen molar-refractivity contribution in [3.05, 3.63) is 59.0 Å². The van der Waals surface area contributed by atoms with Crippen LogP contribution in [0.5, 0.6) is 0 Å². The number of para-hydroxylation sites is 1. The third-order valence-electron chi connectivity index (χ3n) is 5.41. The molecule has 7 nitrogen and oxygen atoms in total. The Bertz CT molecular complexity index is 1350. The van der Waals surface area contributed by atoms with Crippen LogP contribution < -0.4 is 4.72 Å². The smallest absolute Gasteiger partial charge is 0.355 e.